The number of anilines is 1. The van der Waals surface area contributed by atoms with Crippen molar-refractivity contribution < 1.29 is 23.6 Å². The van der Waals surface area contributed by atoms with E-state index in [0.717, 1.165) is 5.56 Å². The van der Waals surface area contributed by atoms with Crippen molar-refractivity contribution in [3.05, 3.63) is 93.8 Å². The summed E-state index contributed by atoms with van der Waals surface area (Å²) in [6, 6.07) is 16.1. The number of Topliss-reactive ketones (excluding diaryl/α,β-unsaturated/α-hetero) is 1. The zero-order valence-corrected chi connectivity index (χ0v) is 17.0. The highest BCUT2D eigenvalue weighted by Crippen LogP contribution is 2.33. The molecule has 0 amide bonds. The number of methoxy groups -OCH3 is 2. The van der Waals surface area contributed by atoms with Gasteiger partial charge in [0.15, 0.2) is 17.3 Å². The second-order valence-corrected chi connectivity index (χ2v) is 6.75. The highest BCUT2D eigenvalue weighted by atomic mass is 19.1. The van der Waals surface area contributed by atoms with Gasteiger partial charge in [-0.3, -0.25) is 14.9 Å². The van der Waals surface area contributed by atoms with Gasteiger partial charge in [-0.15, -0.1) is 0 Å². The lowest BCUT2D eigenvalue weighted by atomic mass is 9.97. The molecule has 0 spiro atoms. The number of nitrogens with zero attached hydrogens (tertiary/aromatic N) is 1. The first-order chi connectivity index (χ1) is 14.9. The summed E-state index contributed by atoms with van der Waals surface area (Å²) in [4.78, 5) is 23.5. The Morgan fingerprint density at radius 1 is 1.03 bits per heavy atom. The Hall–Kier alpha value is -3.94. The Kier molecular flexibility index (Phi) is 6.81. The fraction of sp³-hybridized carbons (Fsp3) is 0.174. The van der Waals surface area contributed by atoms with Crippen LogP contribution in [0, 0.1) is 15.9 Å². The molecule has 7 nitrogen and oxygen atoms in total. The van der Waals surface area contributed by atoms with Gasteiger partial charge in [-0.1, -0.05) is 12.1 Å². The van der Waals surface area contributed by atoms with Crippen LogP contribution in [0.3, 0.4) is 0 Å². The lowest BCUT2D eigenvalue weighted by Crippen LogP contribution is -2.16. The molecule has 1 unspecified atom stereocenters. The van der Waals surface area contributed by atoms with Crippen molar-refractivity contribution in [3.8, 4) is 11.5 Å². The number of ether oxygens (including phenoxy) is 2. The normalized spacial score (nSPS) is 11.5. The number of nitro groups is 1. The first-order valence-electron chi connectivity index (χ1n) is 9.43. The Morgan fingerprint density at radius 2 is 1.74 bits per heavy atom. The maximum Gasteiger partial charge on any atom is 0.271 e. The second-order valence-electron chi connectivity index (χ2n) is 6.75. The van der Waals surface area contributed by atoms with Crippen LogP contribution >= 0.6 is 0 Å². The van der Waals surface area contributed by atoms with E-state index in [1.165, 1.54) is 50.6 Å². The number of halogens is 1. The molecule has 0 saturated carbocycles. The molecule has 0 bridgehead atoms. The largest absolute Gasteiger partial charge is 0.493 e. The van der Waals surface area contributed by atoms with E-state index in [1.807, 2.05) is 0 Å². The van der Waals surface area contributed by atoms with E-state index in [2.05, 4.69) is 5.32 Å². The van der Waals surface area contributed by atoms with Crippen LogP contribution in [0.1, 0.15) is 28.4 Å². The van der Waals surface area contributed by atoms with Crippen LogP contribution < -0.4 is 14.8 Å². The number of benzene rings is 3. The zero-order valence-electron chi connectivity index (χ0n) is 17.0. The molecule has 3 aromatic carbocycles. The molecule has 0 fully saturated rings. The zero-order chi connectivity index (χ0) is 22.4. The maximum atomic E-state index is 13.2. The molecule has 3 rings (SSSR count). The number of hydrogen-bond donors (Lipinski definition) is 1. The van der Waals surface area contributed by atoms with E-state index >= 15 is 0 Å². The van der Waals surface area contributed by atoms with E-state index in [0.29, 0.717) is 22.7 Å². The topological polar surface area (TPSA) is 90.7 Å². The summed E-state index contributed by atoms with van der Waals surface area (Å²) in [5, 5.41) is 14.3. The van der Waals surface area contributed by atoms with Gasteiger partial charge < -0.3 is 14.8 Å². The molecule has 0 aliphatic carbocycles. The fourth-order valence-electron chi connectivity index (χ4n) is 3.17. The summed E-state index contributed by atoms with van der Waals surface area (Å²) in [5.41, 5.74) is 1.51. The van der Waals surface area contributed by atoms with Crippen molar-refractivity contribution in [1.29, 1.82) is 0 Å². The van der Waals surface area contributed by atoms with Crippen LogP contribution in [0.2, 0.25) is 0 Å². The third-order valence-corrected chi connectivity index (χ3v) is 4.76. The molecular weight excluding hydrogens is 403 g/mol. The van der Waals surface area contributed by atoms with Crippen LogP contribution in [-0.4, -0.2) is 24.9 Å². The molecule has 0 saturated heterocycles. The summed E-state index contributed by atoms with van der Waals surface area (Å²) in [5.74, 6) is 0.380. The Morgan fingerprint density at radius 3 is 2.39 bits per heavy atom. The van der Waals surface area contributed by atoms with Gasteiger partial charge >= 0.3 is 0 Å². The SMILES string of the molecule is COc1ccc(C(CC(=O)c2ccc(F)cc2)Nc2cccc([N+](=O)[O-])c2)cc1OC. The van der Waals surface area contributed by atoms with Crippen LogP contribution in [-0.2, 0) is 0 Å². The molecule has 1 N–H and O–H groups in total. The molecule has 3 aromatic rings. The minimum absolute atomic E-state index is 0.0316. The molecule has 0 heterocycles. The van der Waals surface area contributed by atoms with Gasteiger partial charge in [0.25, 0.3) is 5.69 Å². The number of nitro benzene ring substituents is 1. The van der Waals surface area contributed by atoms with Gasteiger partial charge in [-0.2, -0.15) is 0 Å². The molecule has 0 radical (unpaired) electrons. The molecule has 1 atom stereocenters. The van der Waals surface area contributed by atoms with E-state index in [-0.39, 0.29) is 17.9 Å². The van der Waals surface area contributed by atoms with Gasteiger partial charge in [0.2, 0.25) is 0 Å². The first-order valence-corrected chi connectivity index (χ1v) is 9.43. The Bertz CT molecular complexity index is 1090. The number of carbonyl (C=O) groups is 1. The summed E-state index contributed by atoms with van der Waals surface area (Å²) in [6.45, 7) is 0. The minimum Gasteiger partial charge on any atom is -0.493 e. The smallest absolute Gasteiger partial charge is 0.271 e. The van der Waals surface area contributed by atoms with Crippen molar-refractivity contribution in [1.82, 2.24) is 0 Å². The average molecular weight is 424 g/mol. The Balaban J connectivity index is 1.95. The Labute approximate surface area is 178 Å². The van der Waals surface area contributed by atoms with Gasteiger partial charge in [0, 0.05) is 29.8 Å². The number of rotatable bonds is 9. The van der Waals surface area contributed by atoms with Crippen molar-refractivity contribution >= 4 is 17.2 Å². The van der Waals surface area contributed by atoms with Gasteiger partial charge in [0.05, 0.1) is 25.2 Å². The average Bonchev–Trinajstić information content (AvgIpc) is 2.78. The summed E-state index contributed by atoms with van der Waals surface area (Å²) in [6.07, 6.45) is 0.0316. The predicted molar refractivity (Wildman–Crippen MR) is 114 cm³/mol. The third kappa shape index (κ3) is 5.36. The molecule has 0 aromatic heterocycles. The molecule has 160 valence electrons. The maximum absolute atomic E-state index is 13.2. The van der Waals surface area contributed by atoms with Crippen LogP contribution in [0.15, 0.2) is 66.7 Å². The number of non-ortho nitro benzene ring substituents is 1. The number of carbonyl (C=O) groups excluding carboxylic acids is 1. The monoisotopic (exact) mass is 424 g/mol. The first kappa shape index (κ1) is 21.8. The lowest BCUT2D eigenvalue weighted by molar-refractivity contribution is -0.384. The minimum atomic E-state index is -0.528. The van der Waals surface area contributed by atoms with E-state index in [4.69, 9.17) is 9.47 Å². The predicted octanol–water partition coefficient (Wildman–Crippen LogP) is 5.18. The standard InChI is InChI=1S/C23H21FN2O5/c1-30-22-11-8-16(12-23(22)31-2)20(14-21(27)15-6-9-17(24)10-7-15)25-18-4-3-5-19(13-18)26(28)29/h3-13,20,25H,14H2,1-2H3. The van der Waals surface area contributed by atoms with Crippen molar-refractivity contribution in [2.24, 2.45) is 0 Å². The summed E-state index contributed by atoms with van der Waals surface area (Å²) in [7, 11) is 3.03. The van der Waals surface area contributed by atoms with Crippen molar-refractivity contribution in [2.45, 2.75) is 12.5 Å². The molecular formula is C23H21FN2O5. The van der Waals surface area contributed by atoms with Crippen molar-refractivity contribution in [3.63, 3.8) is 0 Å². The van der Waals surface area contributed by atoms with Crippen LogP contribution in [0.25, 0.3) is 0 Å². The van der Waals surface area contributed by atoms with Crippen LogP contribution in [0.4, 0.5) is 15.8 Å². The van der Waals surface area contributed by atoms with Gasteiger partial charge in [0.1, 0.15) is 5.82 Å². The number of nitrogens with one attached hydrogen (secondary N) is 1. The number of ketones is 1. The van der Waals surface area contributed by atoms with Crippen LogP contribution in [0.5, 0.6) is 11.5 Å². The third-order valence-electron chi connectivity index (χ3n) is 4.76. The number of hydrogen-bond acceptors (Lipinski definition) is 6. The van der Waals surface area contributed by atoms with E-state index in [1.54, 1.807) is 30.3 Å². The quantitative estimate of drug-likeness (QED) is 0.289. The van der Waals surface area contributed by atoms with Crippen molar-refractivity contribution in [2.75, 3.05) is 19.5 Å². The molecule has 8 heteroatoms. The highest BCUT2D eigenvalue weighted by molar-refractivity contribution is 5.96. The van der Waals surface area contributed by atoms with Gasteiger partial charge in [-0.25, -0.2) is 4.39 Å². The highest BCUT2D eigenvalue weighted by Gasteiger charge is 2.20. The van der Waals surface area contributed by atoms with E-state index < -0.39 is 16.8 Å². The summed E-state index contributed by atoms with van der Waals surface area (Å²) < 4.78 is 23.9. The second kappa shape index (κ2) is 9.71. The fourth-order valence-corrected chi connectivity index (χ4v) is 3.17. The van der Waals surface area contributed by atoms with E-state index in [9.17, 15) is 19.3 Å². The lowest BCUT2D eigenvalue weighted by Gasteiger charge is -2.21. The molecule has 0 aliphatic rings. The van der Waals surface area contributed by atoms with Gasteiger partial charge in [-0.05, 0) is 48.0 Å². The molecule has 0 aliphatic heterocycles. The molecule has 31 heavy (non-hydrogen) atoms. The summed E-state index contributed by atoms with van der Waals surface area (Å²) >= 11 is 0.